The number of nitrogens with zero attached hydrogens (tertiary/aromatic N) is 2. The first kappa shape index (κ1) is 20.9. The molecule has 1 aliphatic heterocycles. The first-order valence-electron chi connectivity index (χ1n) is 10.7. The second-order valence-electron chi connectivity index (χ2n) is 7.68. The molecule has 31 heavy (non-hydrogen) atoms. The highest BCUT2D eigenvalue weighted by Crippen LogP contribution is 2.26. The summed E-state index contributed by atoms with van der Waals surface area (Å²) in [6.07, 6.45) is 0.948. The largest absolute Gasteiger partial charge is 0.497 e. The topological polar surface area (TPSA) is 42.0 Å². The van der Waals surface area contributed by atoms with Gasteiger partial charge >= 0.3 is 0 Å². The van der Waals surface area contributed by atoms with Crippen molar-refractivity contribution in [3.05, 3.63) is 90.0 Å². The first-order valence-corrected chi connectivity index (χ1v) is 10.7. The molecule has 0 atom stereocenters. The summed E-state index contributed by atoms with van der Waals surface area (Å²) in [6, 6.07) is 25.2. The first-order chi connectivity index (χ1) is 15.2. The molecule has 1 aliphatic rings. The summed E-state index contributed by atoms with van der Waals surface area (Å²) in [5.41, 5.74) is 1.86. The minimum absolute atomic E-state index is 0.0258. The summed E-state index contributed by atoms with van der Waals surface area (Å²) in [5.74, 6) is 2.22. The van der Waals surface area contributed by atoms with E-state index < -0.39 is 0 Å². The number of hydrogen-bond acceptors (Lipinski definition) is 4. The molecule has 160 valence electrons. The number of ether oxygens (including phenoxy) is 2. The Morgan fingerprint density at radius 1 is 0.806 bits per heavy atom. The Labute approximate surface area is 183 Å². The van der Waals surface area contributed by atoms with Gasteiger partial charge in [0.2, 0.25) is 0 Å². The Morgan fingerprint density at radius 3 is 2.32 bits per heavy atom. The van der Waals surface area contributed by atoms with E-state index in [0.717, 1.165) is 44.1 Å². The molecule has 3 aromatic carbocycles. The molecule has 5 nitrogen and oxygen atoms in total. The second-order valence-corrected chi connectivity index (χ2v) is 7.68. The number of carbonyl (C=O) groups is 1. The molecule has 0 radical (unpaired) electrons. The summed E-state index contributed by atoms with van der Waals surface area (Å²) < 4.78 is 11.2. The van der Waals surface area contributed by atoms with Crippen LogP contribution in [-0.4, -0.2) is 49.0 Å². The molecule has 1 amide bonds. The number of benzene rings is 3. The maximum atomic E-state index is 13.3. The third-order valence-corrected chi connectivity index (χ3v) is 5.53. The summed E-state index contributed by atoms with van der Waals surface area (Å²) in [7, 11) is 1.68. The van der Waals surface area contributed by atoms with Crippen LogP contribution >= 0.6 is 0 Å². The molecule has 0 spiro atoms. The number of amides is 1. The predicted octanol–water partition coefficient (Wildman–Crippen LogP) is 4.84. The summed E-state index contributed by atoms with van der Waals surface area (Å²) in [5, 5.41) is 0. The fourth-order valence-corrected chi connectivity index (χ4v) is 3.84. The molecule has 0 aromatic heterocycles. The molecule has 0 saturated carbocycles. The van der Waals surface area contributed by atoms with Gasteiger partial charge in [0.05, 0.1) is 12.7 Å². The number of hydrogen-bond donors (Lipinski definition) is 0. The molecule has 1 heterocycles. The van der Waals surface area contributed by atoms with Crippen molar-refractivity contribution < 1.29 is 14.3 Å². The molecular formula is C26H28N2O3. The van der Waals surface area contributed by atoms with Crippen LogP contribution in [0.4, 0.5) is 0 Å². The highest BCUT2D eigenvalue weighted by molar-refractivity contribution is 5.97. The maximum absolute atomic E-state index is 13.3. The molecule has 3 aromatic rings. The maximum Gasteiger partial charge on any atom is 0.257 e. The zero-order chi connectivity index (χ0) is 21.5. The van der Waals surface area contributed by atoms with Crippen molar-refractivity contribution in [1.29, 1.82) is 0 Å². The zero-order valence-electron chi connectivity index (χ0n) is 17.9. The van der Waals surface area contributed by atoms with Gasteiger partial charge < -0.3 is 14.4 Å². The summed E-state index contributed by atoms with van der Waals surface area (Å²) in [6.45, 7) is 4.14. The fourth-order valence-electron chi connectivity index (χ4n) is 3.84. The van der Waals surface area contributed by atoms with Crippen molar-refractivity contribution in [1.82, 2.24) is 9.80 Å². The Hall–Kier alpha value is -3.31. The lowest BCUT2D eigenvalue weighted by molar-refractivity contribution is 0.0758. The number of methoxy groups -OCH3 is 1. The van der Waals surface area contributed by atoms with Crippen molar-refractivity contribution in [3.63, 3.8) is 0 Å². The van der Waals surface area contributed by atoms with E-state index in [-0.39, 0.29) is 5.91 Å². The Bertz CT molecular complexity index is 989. The summed E-state index contributed by atoms with van der Waals surface area (Å²) >= 11 is 0. The Balaban J connectivity index is 1.40. The van der Waals surface area contributed by atoms with Gasteiger partial charge in [-0.15, -0.1) is 0 Å². The Morgan fingerprint density at radius 2 is 1.55 bits per heavy atom. The van der Waals surface area contributed by atoms with Crippen LogP contribution in [0.3, 0.4) is 0 Å². The standard InChI is InChI=1S/C26H28N2O3/c1-30-22-14-12-21(13-15-22)20-27-16-7-17-28(19-18-27)26(29)24-10-5-6-11-25(24)31-23-8-3-2-4-9-23/h2-6,8-15H,7,16-20H2,1H3. The summed E-state index contributed by atoms with van der Waals surface area (Å²) in [4.78, 5) is 17.7. The third-order valence-electron chi connectivity index (χ3n) is 5.53. The number of para-hydroxylation sites is 2. The van der Waals surface area contributed by atoms with Gasteiger partial charge in [-0.25, -0.2) is 0 Å². The van der Waals surface area contributed by atoms with Crippen LogP contribution in [0, 0.1) is 0 Å². The van der Waals surface area contributed by atoms with E-state index in [1.54, 1.807) is 7.11 Å². The van der Waals surface area contributed by atoms with E-state index in [9.17, 15) is 4.79 Å². The SMILES string of the molecule is COc1ccc(CN2CCCN(C(=O)c3ccccc3Oc3ccccc3)CC2)cc1. The van der Waals surface area contributed by atoms with Crippen LogP contribution in [0.15, 0.2) is 78.9 Å². The molecule has 1 saturated heterocycles. The molecule has 0 unspecified atom stereocenters. The fraction of sp³-hybridized carbons (Fsp3) is 0.269. The average molecular weight is 417 g/mol. The van der Waals surface area contributed by atoms with Gasteiger partial charge in [0.25, 0.3) is 5.91 Å². The van der Waals surface area contributed by atoms with Crippen LogP contribution in [0.1, 0.15) is 22.3 Å². The second kappa shape index (κ2) is 10.1. The van der Waals surface area contributed by atoms with E-state index in [0.29, 0.717) is 17.9 Å². The average Bonchev–Trinajstić information content (AvgIpc) is 3.06. The van der Waals surface area contributed by atoms with Gasteiger partial charge in [0, 0.05) is 32.7 Å². The highest BCUT2D eigenvalue weighted by Gasteiger charge is 2.23. The number of rotatable bonds is 6. The van der Waals surface area contributed by atoms with Gasteiger partial charge in [0.1, 0.15) is 17.2 Å². The molecule has 0 bridgehead atoms. The van der Waals surface area contributed by atoms with E-state index >= 15 is 0 Å². The van der Waals surface area contributed by atoms with E-state index in [1.807, 2.05) is 71.6 Å². The molecule has 1 fully saturated rings. The van der Waals surface area contributed by atoms with Crippen LogP contribution in [-0.2, 0) is 6.54 Å². The van der Waals surface area contributed by atoms with Crippen molar-refractivity contribution in [2.45, 2.75) is 13.0 Å². The van der Waals surface area contributed by atoms with Crippen LogP contribution < -0.4 is 9.47 Å². The van der Waals surface area contributed by atoms with Crippen molar-refractivity contribution in [2.75, 3.05) is 33.3 Å². The lowest BCUT2D eigenvalue weighted by atomic mass is 10.1. The van der Waals surface area contributed by atoms with Gasteiger partial charge in [0.15, 0.2) is 0 Å². The third kappa shape index (κ3) is 5.44. The molecule has 0 aliphatic carbocycles. The van der Waals surface area contributed by atoms with Gasteiger partial charge in [-0.05, 0) is 48.4 Å². The lowest BCUT2D eigenvalue weighted by Crippen LogP contribution is -2.35. The normalized spacial score (nSPS) is 14.7. The van der Waals surface area contributed by atoms with Gasteiger partial charge in [-0.3, -0.25) is 9.69 Å². The smallest absolute Gasteiger partial charge is 0.257 e. The van der Waals surface area contributed by atoms with Crippen LogP contribution in [0.25, 0.3) is 0 Å². The Kier molecular flexibility index (Phi) is 6.85. The monoisotopic (exact) mass is 416 g/mol. The van der Waals surface area contributed by atoms with Crippen molar-refractivity contribution in [2.24, 2.45) is 0 Å². The minimum atomic E-state index is 0.0258. The molecule has 5 heteroatoms. The lowest BCUT2D eigenvalue weighted by Gasteiger charge is -2.23. The van der Waals surface area contributed by atoms with E-state index in [1.165, 1.54) is 5.56 Å². The number of carbonyl (C=O) groups excluding carboxylic acids is 1. The molecule has 4 rings (SSSR count). The predicted molar refractivity (Wildman–Crippen MR) is 122 cm³/mol. The highest BCUT2D eigenvalue weighted by atomic mass is 16.5. The van der Waals surface area contributed by atoms with E-state index in [4.69, 9.17) is 9.47 Å². The molecular weight excluding hydrogens is 388 g/mol. The zero-order valence-corrected chi connectivity index (χ0v) is 17.9. The van der Waals surface area contributed by atoms with Gasteiger partial charge in [-0.1, -0.05) is 42.5 Å². The van der Waals surface area contributed by atoms with Crippen LogP contribution in [0.2, 0.25) is 0 Å². The quantitative estimate of drug-likeness (QED) is 0.577. The van der Waals surface area contributed by atoms with E-state index in [2.05, 4.69) is 17.0 Å². The van der Waals surface area contributed by atoms with Crippen molar-refractivity contribution >= 4 is 5.91 Å². The molecule has 0 N–H and O–H groups in total. The minimum Gasteiger partial charge on any atom is -0.497 e. The van der Waals surface area contributed by atoms with Crippen molar-refractivity contribution in [3.8, 4) is 17.2 Å². The van der Waals surface area contributed by atoms with Crippen LogP contribution in [0.5, 0.6) is 17.2 Å². The van der Waals surface area contributed by atoms with Gasteiger partial charge in [-0.2, -0.15) is 0 Å².